The number of halogens is 2. The highest BCUT2D eigenvalue weighted by Crippen LogP contribution is 2.45. The zero-order chi connectivity index (χ0) is 32.0. The summed E-state index contributed by atoms with van der Waals surface area (Å²) in [5, 5.41) is -12.8. The van der Waals surface area contributed by atoms with E-state index in [1.807, 2.05) is 0 Å². The van der Waals surface area contributed by atoms with Crippen molar-refractivity contribution < 1.29 is 4.74 Å². The van der Waals surface area contributed by atoms with Crippen LogP contribution >= 0.6 is 23.2 Å². The SMILES string of the molecule is [B]c1cc(CNc2nc3nc([B])n(C([B])([B])C([B])([B])N4C([B])([B])C([B])([B])OC([B])([B])C4([B])[B])c3c(=O)[nH]2)cc(Cl)c1Cl. The monoisotopic (exact) mass is 562 g/mol. The molecule has 0 aliphatic carbocycles. The Morgan fingerprint density at radius 3 is 1.98 bits per heavy atom. The van der Waals surface area contributed by atoms with Crippen LogP contribution in [0.4, 0.5) is 5.95 Å². The van der Waals surface area contributed by atoms with Crippen LogP contribution in [0.1, 0.15) is 5.56 Å². The van der Waals surface area contributed by atoms with Crippen molar-refractivity contribution in [2.45, 2.75) is 38.7 Å². The first kappa shape index (κ1) is 33.7. The van der Waals surface area contributed by atoms with Gasteiger partial charge in [-0.25, -0.2) is 4.98 Å². The third-order valence-electron chi connectivity index (χ3n) is 6.84. The fraction of sp³-hybridized carbons (Fsp3) is 0.389. The number of H-pyrrole nitrogens is 1. The second-order valence-electron chi connectivity index (χ2n) is 10.1. The van der Waals surface area contributed by atoms with Crippen LogP contribution in [-0.4, -0.2) is 161 Å². The van der Waals surface area contributed by atoms with Crippen LogP contribution in [0.15, 0.2) is 16.9 Å². The van der Waals surface area contributed by atoms with Crippen LogP contribution in [0.5, 0.6) is 0 Å². The Labute approximate surface area is 271 Å². The molecule has 1 aromatic carbocycles. The van der Waals surface area contributed by atoms with E-state index in [0.29, 0.717) is 10.5 Å². The molecule has 0 bridgehead atoms. The molecule has 0 atom stereocenters. The highest BCUT2D eigenvalue weighted by molar-refractivity contribution is 6.61. The lowest BCUT2D eigenvalue weighted by atomic mass is 9.26. The van der Waals surface area contributed by atoms with E-state index in [2.05, 4.69) is 20.3 Å². The molecule has 3 heterocycles. The van der Waals surface area contributed by atoms with Gasteiger partial charge in [0.1, 0.15) is 7.85 Å². The van der Waals surface area contributed by atoms with Crippen molar-refractivity contribution in [2.24, 2.45) is 0 Å². The molecule has 4 rings (SSSR count). The predicted molar refractivity (Wildman–Crippen MR) is 176 cm³/mol. The van der Waals surface area contributed by atoms with Gasteiger partial charge < -0.3 is 19.5 Å². The molecule has 0 spiro atoms. The number of rotatable bonds is 6. The Bertz CT molecular complexity index is 1580. The maximum Gasteiger partial charge on any atom is 0.278 e. The molecular weight excluding hydrogens is 555 g/mol. The zero-order valence-electron chi connectivity index (χ0n) is 21.8. The molecule has 1 aliphatic heterocycles. The number of morpholine rings is 1. The molecule has 24 heteroatoms. The number of nitrogens with zero attached hydrogens (tertiary/aromatic N) is 4. The Balaban J connectivity index is 1.80. The van der Waals surface area contributed by atoms with Gasteiger partial charge in [-0.2, -0.15) is 4.98 Å². The summed E-state index contributed by atoms with van der Waals surface area (Å²) in [4.78, 5) is 24.5. The van der Waals surface area contributed by atoms with E-state index in [-0.39, 0.29) is 33.6 Å². The third-order valence-corrected chi connectivity index (χ3v) is 7.65. The minimum Gasteiger partial charge on any atom is -0.406 e. The Morgan fingerprint density at radius 1 is 0.905 bits per heavy atom. The summed E-state index contributed by atoms with van der Waals surface area (Å²) in [6.07, 6.45) is 0. The highest BCUT2D eigenvalue weighted by Gasteiger charge is 2.62. The number of benzene rings is 1. The van der Waals surface area contributed by atoms with Crippen LogP contribution in [0, 0.1) is 0 Å². The number of hydrogen-bond donors (Lipinski definition) is 2. The molecule has 3 aromatic rings. The molecule has 8 nitrogen and oxygen atoms in total. The van der Waals surface area contributed by atoms with E-state index in [1.165, 1.54) is 0 Å². The molecule has 1 saturated heterocycles. The fourth-order valence-corrected chi connectivity index (χ4v) is 4.85. The van der Waals surface area contributed by atoms with E-state index in [4.69, 9.17) is 138 Å². The molecule has 0 saturated carbocycles. The van der Waals surface area contributed by atoms with Gasteiger partial charge in [0.15, 0.2) is 19.0 Å². The van der Waals surface area contributed by atoms with Crippen molar-refractivity contribution in [1.82, 2.24) is 24.4 Å². The van der Waals surface area contributed by atoms with Crippen molar-refractivity contribution >= 4 is 161 Å². The lowest BCUT2D eigenvalue weighted by Crippen LogP contribution is -2.92. The molecule has 1 aliphatic rings. The van der Waals surface area contributed by atoms with Crippen LogP contribution in [0.2, 0.25) is 10.0 Å². The van der Waals surface area contributed by atoms with E-state index in [1.54, 1.807) is 12.1 Å². The topological polar surface area (TPSA) is 88.1 Å². The second-order valence-corrected chi connectivity index (χ2v) is 10.8. The lowest BCUT2D eigenvalue weighted by molar-refractivity contribution is -0.126. The highest BCUT2D eigenvalue weighted by atomic mass is 35.5. The number of aromatic nitrogens is 4. The minimum atomic E-state index is -2.84. The third kappa shape index (κ3) is 5.04. The number of nitrogens with one attached hydrogen (secondary N) is 2. The molecule has 1 fully saturated rings. The number of anilines is 1. The summed E-state index contributed by atoms with van der Waals surface area (Å²) in [5.41, 5.74) is -1.12. The van der Waals surface area contributed by atoms with Gasteiger partial charge in [0.25, 0.3) is 5.56 Å². The summed E-state index contributed by atoms with van der Waals surface area (Å²) >= 11 is 12.1. The van der Waals surface area contributed by atoms with Crippen LogP contribution < -0.4 is 22.1 Å². The number of fused-ring (bicyclic) bond motifs is 1. The van der Waals surface area contributed by atoms with E-state index < -0.39 is 48.9 Å². The zero-order valence-corrected chi connectivity index (χ0v) is 23.3. The van der Waals surface area contributed by atoms with E-state index >= 15 is 0 Å². The normalized spacial score (nSPS) is 19.9. The summed E-state index contributed by atoms with van der Waals surface area (Å²) in [5.74, 6) is -0.0423. The smallest absolute Gasteiger partial charge is 0.278 e. The molecule has 2 aromatic heterocycles. The number of hydrogen-bond acceptors (Lipinski definition) is 6. The Morgan fingerprint density at radius 2 is 1.45 bits per heavy atom. The minimum absolute atomic E-state index is 0.0423. The first-order valence-corrected chi connectivity index (χ1v) is 12.4. The van der Waals surface area contributed by atoms with Gasteiger partial charge in [-0.1, -0.05) is 34.7 Å². The molecule has 0 amide bonds. The average Bonchev–Trinajstić information content (AvgIpc) is 3.15. The number of aromatic amines is 1. The van der Waals surface area contributed by atoms with Gasteiger partial charge in [-0.3, -0.25) is 9.78 Å². The van der Waals surface area contributed by atoms with Gasteiger partial charge in [-0.05, 0) is 43.8 Å². The summed E-state index contributed by atoms with van der Waals surface area (Å²) in [6.45, 7) is 0.110. The number of ether oxygens (including phenoxy) is 1. The first-order chi connectivity index (χ1) is 18.9. The molecule has 42 heavy (non-hydrogen) atoms. The van der Waals surface area contributed by atoms with Crippen LogP contribution in [0.3, 0.4) is 0 Å². The van der Waals surface area contributed by atoms with Crippen molar-refractivity contribution in [3.05, 3.63) is 38.1 Å². The number of imidazole rings is 1. The van der Waals surface area contributed by atoms with Gasteiger partial charge >= 0.3 is 0 Å². The predicted octanol–water partition coefficient (Wildman–Crippen LogP) is -6.14. The second kappa shape index (κ2) is 10.4. The lowest BCUT2D eigenvalue weighted by Gasteiger charge is -2.76. The Kier molecular flexibility index (Phi) is 8.35. The molecule has 28 radical (unpaired) electrons. The molecular formula is C18H6B14Cl2N6O2. The van der Waals surface area contributed by atoms with Gasteiger partial charge in [0.2, 0.25) is 5.95 Å². The maximum absolute atomic E-state index is 13.3. The van der Waals surface area contributed by atoms with Gasteiger partial charge in [0, 0.05) is 6.54 Å². The Hall–Kier alpha value is -1.22. The maximum atomic E-state index is 13.3. The average molecular weight is 561 g/mol. The van der Waals surface area contributed by atoms with E-state index in [0.717, 1.165) is 4.57 Å². The summed E-state index contributed by atoms with van der Waals surface area (Å²) in [7, 11) is 86.0. The fourth-order valence-electron chi connectivity index (χ4n) is 4.49. The van der Waals surface area contributed by atoms with Crippen LogP contribution in [-0.2, 0) is 16.6 Å². The standard InChI is InChI=1S/C18H6B14Cl2N6O2/c19-5-1-4(2-6(33)7(5)34)3-35-12-37-9-8(10(41)38-12)39(11(20)36-9)13(21,22)14(23,24)40-15(25,26)17(29,30)42-18(31,32)16(40,27)28/h1-2H,3H2,(H2,35,37,38,41). The summed E-state index contributed by atoms with van der Waals surface area (Å²) < 4.78 is 5.90. The van der Waals surface area contributed by atoms with Crippen molar-refractivity contribution in [2.75, 3.05) is 5.32 Å². The van der Waals surface area contributed by atoms with Crippen LogP contribution in [0.25, 0.3) is 11.2 Å². The van der Waals surface area contributed by atoms with Crippen molar-refractivity contribution in [3.63, 3.8) is 0 Å². The molecule has 2 N–H and O–H groups in total. The molecule has 0 unspecified atom stereocenters. The van der Waals surface area contributed by atoms with Crippen molar-refractivity contribution in [3.8, 4) is 0 Å². The van der Waals surface area contributed by atoms with Crippen molar-refractivity contribution in [1.29, 1.82) is 0 Å². The quantitative estimate of drug-likeness (QED) is 0.292. The van der Waals surface area contributed by atoms with Gasteiger partial charge in [0.05, 0.1) is 110 Å². The van der Waals surface area contributed by atoms with E-state index in [9.17, 15) is 4.79 Å². The summed E-state index contributed by atoms with van der Waals surface area (Å²) in [6, 6.07) is 3.15. The molecule has 176 valence electrons. The largest absolute Gasteiger partial charge is 0.406 e. The van der Waals surface area contributed by atoms with Gasteiger partial charge in [-0.15, -0.1) is 0 Å². The first-order valence-electron chi connectivity index (χ1n) is 11.6.